The first-order valence-corrected chi connectivity index (χ1v) is 8.97. The minimum atomic E-state index is 0.618. The molecule has 3 heterocycles. The van der Waals surface area contributed by atoms with Gasteiger partial charge in [-0.25, -0.2) is 9.98 Å². The molecule has 0 unspecified atom stereocenters. The van der Waals surface area contributed by atoms with Crippen LogP contribution in [0.15, 0.2) is 23.3 Å². The zero-order chi connectivity index (χ0) is 16.1. The second-order valence-electron chi connectivity index (χ2n) is 6.92. The molecule has 23 heavy (non-hydrogen) atoms. The molecule has 2 saturated heterocycles. The number of hydrogen-bond donors (Lipinski definition) is 1. The molecular weight excluding hydrogens is 286 g/mol. The number of nitrogens with two attached hydrogens (primary N) is 1. The Kier molecular flexibility index (Phi) is 5.36. The summed E-state index contributed by atoms with van der Waals surface area (Å²) in [5, 5.41) is 0. The van der Waals surface area contributed by atoms with Crippen LogP contribution in [0, 0.1) is 5.92 Å². The summed E-state index contributed by atoms with van der Waals surface area (Å²) >= 11 is 0. The standard InChI is InChI=1S/C18H29N5/c1-15-7-11-22(12-8-15)17-6-5-16(13-20-17)14-21-18(19)23-9-3-2-4-10-23/h5-6,13,15H,2-4,7-12,14H2,1H3,(H2,19,21). The number of piperidine rings is 2. The smallest absolute Gasteiger partial charge is 0.191 e. The Bertz CT molecular complexity index is 511. The third-order valence-electron chi connectivity index (χ3n) is 5.02. The van der Waals surface area contributed by atoms with Crippen LogP contribution in [0.3, 0.4) is 0 Å². The molecule has 0 radical (unpaired) electrons. The second kappa shape index (κ2) is 7.66. The van der Waals surface area contributed by atoms with Gasteiger partial charge in [-0.3, -0.25) is 0 Å². The maximum Gasteiger partial charge on any atom is 0.191 e. The number of guanidine groups is 1. The van der Waals surface area contributed by atoms with Gasteiger partial charge in [-0.2, -0.15) is 0 Å². The Morgan fingerprint density at radius 3 is 2.57 bits per heavy atom. The van der Waals surface area contributed by atoms with Gasteiger partial charge < -0.3 is 15.5 Å². The topological polar surface area (TPSA) is 57.8 Å². The van der Waals surface area contributed by atoms with Gasteiger partial charge in [0.1, 0.15) is 5.82 Å². The van der Waals surface area contributed by atoms with E-state index in [1.165, 1.54) is 32.1 Å². The molecule has 126 valence electrons. The van der Waals surface area contributed by atoms with Gasteiger partial charge in [-0.1, -0.05) is 13.0 Å². The van der Waals surface area contributed by atoms with Crippen molar-refractivity contribution in [3.8, 4) is 0 Å². The summed E-state index contributed by atoms with van der Waals surface area (Å²) in [6, 6.07) is 4.26. The number of anilines is 1. The maximum absolute atomic E-state index is 6.10. The molecule has 5 heteroatoms. The van der Waals surface area contributed by atoms with Crippen molar-refractivity contribution in [2.24, 2.45) is 16.6 Å². The van der Waals surface area contributed by atoms with Crippen LogP contribution >= 0.6 is 0 Å². The molecule has 0 aliphatic carbocycles. The van der Waals surface area contributed by atoms with Crippen LogP contribution in [0.2, 0.25) is 0 Å². The first-order valence-electron chi connectivity index (χ1n) is 8.97. The van der Waals surface area contributed by atoms with Gasteiger partial charge in [0.25, 0.3) is 0 Å². The molecular formula is C18H29N5. The maximum atomic E-state index is 6.10. The lowest BCUT2D eigenvalue weighted by Gasteiger charge is -2.31. The number of hydrogen-bond acceptors (Lipinski definition) is 3. The number of pyridine rings is 1. The molecule has 3 rings (SSSR count). The van der Waals surface area contributed by atoms with Gasteiger partial charge in [-0.15, -0.1) is 0 Å². The van der Waals surface area contributed by atoms with Gasteiger partial charge in [0.05, 0.1) is 6.54 Å². The summed E-state index contributed by atoms with van der Waals surface area (Å²) in [4.78, 5) is 13.7. The fraction of sp³-hybridized carbons (Fsp3) is 0.667. The summed E-state index contributed by atoms with van der Waals surface area (Å²) in [6.07, 6.45) is 8.23. The molecule has 2 N–H and O–H groups in total. The lowest BCUT2D eigenvalue weighted by atomic mass is 9.99. The van der Waals surface area contributed by atoms with Crippen LogP contribution in [0.1, 0.15) is 44.6 Å². The van der Waals surface area contributed by atoms with Crippen LogP contribution in [-0.2, 0) is 6.54 Å². The number of likely N-dealkylation sites (tertiary alicyclic amines) is 1. The minimum Gasteiger partial charge on any atom is -0.370 e. The van der Waals surface area contributed by atoms with Crippen molar-refractivity contribution in [1.29, 1.82) is 0 Å². The average molecular weight is 315 g/mol. The molecule has 0 bridgehead atoms. The van der Waals surface area contributed by atoms with Gasteiger partial charge in [0, 0.05) is 32.4 Å². The van der Waals surface area contributed by atoms with E-state index >= 15 is 0 Å². The number of aromatic nitrogens is 1. The molecule has 0 spiro atoms. The Labute approximate surface area is 139 Å². The first-order chi connectivity index (χ1) is 11.2. The van der Waals surface area contributed by atoms with Crippen molar-refractivity contribution < 1.29 is 0 Å². The van der Waals surface area contributed by atoms with Crippen molar-refractivity contribution in [2.45, 2.75) is 45.6 Å². The molecule has 2 aliphatic heterocycles. The highest BCUT2D eigenvalue weighted by Gasteiger charge is 2.16. The summed E-state index contributed by atoms with van der Waals surface area (Å²) in [5.74, 6) is 2.62. The largest absolute Gasteiger partial charge is 0.370 e. The van der Waals surface area contributed by atoms with Crippen LogP contribution in [0.5, 0.6) is 0 Å². The molecule has 0 amide bonds. The highest BCUT2D eigenvalue weighted by Crippen LogP contribution is 2.21. The normalized spacial score (nSPS) is 20.8. The van der Waals surface area contributed by atoms with E-state index in [0.29, 0.717) is 12.5 Å². The molecule has 2 fully saturated rings. The minimum absolute atomic E-state index is 0.618. The van der Waals surface area contributed by atoms with Crippen LogP contribution in [-0.4, -0.2) is 42.0 Å². The van der Waals surface area contributed by atoms with Gasteiger partial charge in [-0.05, 0) is 49.7 Å². The van der Waals surface area contributed by atoms with E-state index in [-0.39, 0.29) is 0 Å². The van der Waals surface area contributed by atoms with E-state index in [0.717, 1.165) is 43.5 Å². The summed E-state index contributed by atoms with van der Waals surface area (Å²) in [7, 11) is 0. The lowest BCUT2D eigenvalue weighted by Crippen LogP contribution is -2.40. The van der Waals surface area contributed by atoms with Crippen LogP contribution in [0.25, 0.3) is 0 Å². The SMILES string of the molecule is CC1CCN(c2ccc(CN=C(N)N3CCCCC3)cn2)CC1. The summed E-state index contributed by atoms with van der Waals surface area (Å²) in [6.45, 7) is 7.27. The highest BCUT2D eigenvalue weighted by atomic mass is 15.3. The fourth-order valence-electron chi connectivity index (χ4n) is 3.33. The molecule has 1 aromatic heterocycles. The zero-order valence-electron chi connectivity index (χ0n) is 14.2. The quantitative estimate of drug-likeness (QED) is 0.688. The van der Waals surface area contributed by atoms with Gasteiger partial charge >= 0.3 is 0 Å². The molecule has 5 nitrogen and oxygen atoms in total. The van der Waals surface area contributed by atoms with E-state index in [1.807, 2.05) is 6.20 Å². The molecule has 0 atom stereocenters. The third kappa shape index (κ3) is 4.36. The molecule has 1 aromatic rings. The van der Waals surface area contributed by atoms with Crippen molar-refractivity contribution in [1.82, 2.24) is 9.88 Å². The van der Waals surface area contributed by atoms with Crippen molar-refractivity contribution in [2.75, 3.05) is 31.1 Å². The monoisotopic (exact) mass is 315 g/mol. The predicted octanol–water partition coefficient (Wildman–Crippen LogP) is 2.62. The van der Waals surface area contributed by atoms with E-state index < -0.39 is 0 Å². The van der Waals surface area contributed by atoms with E-state index in [4.69, 9.17) is 5.73 Å². The fourth-order valence-corrected chi connectivity index (χ4v) is 3.33. The molecule has 0 aromatic carbocycles. The summed E-state index contributed by atoms with van der Waals surface area (Å²) in [5.41, 5.74) is 7.23. The van der Waals surface area contributed by atoms with E-state index in [1.54, 1.807) is 0 Å². The van der Waals surface area contributed by atoms with Crippen molar-refractivity contribution >= 4 is 11.8 Å². The Hall–Kier alpha value is -1.78. The van der Waals surface area contributed by atoms with Gasteiger partial charge in [0.2, 0.25) is 0 Å². The van der Waals surface area contributed by atoms with Gasteiger partial charge in [0.15, 0.2) is 5.96 Å². The van der Waals surface area contributed by atoms with E-state index in [9.17, 15) is 0 Å². The van der Waals surface area contributed by atoms with Crippen molar-refractivity contribution in [3.63, 3.8) is 0 Å². The zero-order valence-corrected chi connectivity index (χ0v) is 14.2. The number of rotatable bonds is 3. The average Bonchev–Trinajstić information content (AvgIpc) is 2.61. The Morgan fingerprint density at radius 2 is 1.91 bits per heavy atom. The Balaban J connectivity index is 1.54. The lowest BCUT2D eigenvalue weighted by molar-refractivity contribution is 0.338. The third-order valence-corrected chi connectivity index (χ3v) is 5.02. The number of aliphatic imine (C=N–C) groups is 1. The molecule has 0 saturated carbocycles. The van der Waals surface area contributed by atoms with Crippen molar-refractivity contribution in [3.05, 3.63) is 23.9 Å². The second-order valence-corrected chi connectivity index (χ2v) is 6.92. The number of nitrogens with zero attached hydrogens (tertiary/aromatic N) is 4. The molecule has 2 aliphatic rings. The van der Waals surface area contributed by atoms with E-state index in [2.05, 4.69) is 38.8 Å². The first kappa shape index (κ1) is 16.1. The van der Waals surface area contributed by atoms with Crippen LogP contribution in [0.4, 0.5) is 5.82 Å². The highest BCUT2D eigenvalue weighted by molar-refractivity contribution is 5.78. The Morgan fingerprint density at radius 1 is 1.17 bits per heavy atom. The summed E-state index contributed by atoms with van der Waals surface area (Å²) < 4.78 is 0. The predicted molar refractivity (Wildman–Crippen MR) is 95.6 cm³/mol. The van der Waals surface area contributed by atoms with Crippen LogP contribution < -0.4 is 10.6 Å².